The summed E-state index contributed by atoms with van der Waals surface area (Å²) in [5.74, 6) is -0.193. The van der Waals surface area contributed by atoms with Gasteiger partial charge in [-0.1, -0.05) is 0 Å². The second kappa shape index (κ2) is 8.41. The first kappa shape index (κ1) is 20.3. The van der Waals surface area contributed by atoms with Crippen molar-refractivity contribution in [2.75, 3.05) is 38.1 Å². The molecule has 2 N–H and O–H groups in total. The van der Waals surface area contributed by atoms with Crippen molar-refractivity contribution in [2.24, 2.45) is 0 Å². The summed E-state index contributed by atoms with van der Waals surface area (Å²) >= 11 is 1.47. The molecule has 1 aliphatic heterocycles. The molecule has 0 aromatic carbocycles. The van der Waals surface area contributed by atoms with Gasteiger partial charge in [0.25, 0.3) is 11.5 Å². The van der Waals surface area contributed by atoms with Crippen LogP contribution in [0.5, 0.6) is 0 Å². The van der Waals surface area contributed by atoms with Gasteiger partial charge in [0.05, 0.1) is 17.3 Å². The minimum absolute atomic E-state index is 0.193. The number of carbonyl (C=O) groups excluding carboxylic acids is 1. The Labute approximate surface area is 177 Å². The Morgan fingerprint density at radius 1 is 1.23 bits per heavy atom. The molecule has 0 bridgehead atoms. The van der Waals surface area contributed by atoms with E-state index < -0.39 is 0 Å². The van der Waals surface area contributed by atoms with E-state index in [-0.39, 0.29) is 17.2 Å². The normalized spacial score (nSPS) is 14.9. The van der Waals surface area contributed by atoms with E-state index in [1.165, 1.54) is 15.9 Å². The Kier molecular flexibility index (Phi) is 5.69. The van der Waals surface area contributed by atoms with Crippen molar-refractivity contribution in [1.82, 2.24) is 24.8 Å². The molecular weight excluding hydrogens is 404 g/mol. The predicted molar refractivity (Wildman–Crippen MR) is 117 cm³/mol. The molecule has 3 aromatic heterocycles. The Hall–Kier alpha value is -2.98. The van der Waals surface area contributed by atoms with Crippen LogP contribution in [0.4, 0.5) is 5.69 Å². The average molecular weight is 429 g/mol. The second-order valence-electron chi connectivity index (χ2n) is 7.18. The Balaban J connectivity index is 1.41. The first-order valence-electron chi connectivity index (χ1n) is 9.91. The Morgan fingerprint density at radius 2 is 2.00 bits per heavy atom. The standard InChI is InChI=1S/C20H24N6O3S/c1-3-26-19(28)15-10-14(30-18(15)23-20(26)29)12-24-6-8-25(9-7-24)13-4-5-16(22-11-13)17(27)21-2/h4-5,10-11H,3,6-9,12H2,1-2H3,(H,21,27)(H,23,29). The smallest absolute Gasteiger partial charge is 0.329 e. The third-order valence-electron chi connectivity index (χ3n) is 5.36. The van der Waals surface area contributed by atoms with Crippen LogP contribution in [0.2, 0.25) is 0 Å². The summed E-state index contributed by atoms with van der Waals surface area (Å²) in [5.41, 5.74) is 0.830. The minimum Gasteiger partial charge on any atom is -0.368 e. The molecule has 0 radical (unpaired) electrons. The van der Waals surface area contributed by atoms with Crippen molar-refractivity contribution in [2.45, 2.75) is 20.0 Å². The molecule has 0 saturated carbocycles. The molecule has 1 aliphatic rings. The molecule has 4 rings (SSSR count). The van der Waals surface area contributed by atoms with Crippen molar-refractivity contribution in [3.05, 3.63) is 55.8 Å². The van der Waals surface area contributed by atoms with Crippen LogP contribution >= 0.6 is 11.3 Å². The third kappa shape index (κ3) is 3.88. The zero-order chi connectivity index (χ0) is 21.3. The number of thiophene rings is 1. The Bertz CT molecular complexity index is 1170. The molecule has 30 heavy (non-hydrogen) atoms. The fourth-order valence-corrected chi connectivity index (χ4v) is 4.76. The Morgan fingerprint density at radius 3 is 2.63 bits per heavy atom. The number of nitrogens with zero attached hydrogens (tertiary/aromatic N) is 4. The topological polar surface area (TPSA) is 103 Å². The fourth-order valence-electron chi connectivity index (χ4n) is 3.68. The number of fused-ring (bicyclic) bond motifs is 1. The predicted octanol–water partition coefficient (Wildman–Crippen LogP) is 0.848. The summed E-state index contributed by atoms with van der Waals surface area (Å²) in [6.07, 6.45) is 1.74. The van der Waals surface area contributed by atoms with Gasteiger partial charge in [0, 0.05) is 51.2 Å². The number of rotatable bonds is 5. The highest BCUT2D eigenvalue weighted by Gasteiger charge is 2.19. The van der Waals surface area contributed by atoms with Crippen LogP contribution in [0.25, 0.3) is 10.2 Å². The highest BCUT2D eigenvalue weighted by molar-refractivity contribution is 7.18. The largest absolute Gasteiger partial charge is 0.368 e. The molecule has 0 atom stereocenters. The van der Waals surface area contributed by atoms with Crippen molar-refractivity contribution < 1.29 is 4.79 Å². The number of amides is 1. The van der Waals surface area contributed by atoms with E-state index in [2.05, 4.69) is 25.1 Å². The first-order valence-corrected chi connectivity index (χ1v) is 10.7. The van der Waals surface area contributed by atoms with Gasteiger partial charge >= 0.3 is 5.69 Å². The van der Waals surface area contributed by atoms with E-state index in [1.807, 2.05) is 12.1 Å². The highest BCUT2D eigenvalue weighted by Crippen LogP contribution is 2.23. The van der Waals surface area contributed by atoms with Gasteiger partial charge in [0.1, 0.15) is 10.5 Å². The van der Waals surface area contributed by atoms with E-state index >= 15 is 0 Å². The van der Waals surface area contributed by atoms with Crippen LogP contribution in [0.1, 0.15) is 22.3 Å². The third-order valence-corrected chi connectivity index (χ3v) is 6.40. The van der Waals surface area contributed by atoms with Crippen molar-refractivity contribution >= 4 is 33.1 Å². The molecule has 3 aromatic rings. The van der Waals surface area contributed by atoms with E-state index in [4.69, 9.17) is 0 Å². The molecule has 10 heteroatoms. The van der Waals surface area contributed by atoms with Gasteiger partial charge in [0.15, 0.2) is 0 Å². The molecule has 1 amide bonds. The number of pyridine rings is 1. The summed E-state index contributed by atoms with van der Waals surface area (Å²) in [5, 5.41) is 3.15. The van der Waals surface area contributed by atoms with Gasteiger partial charge in [-0.3, -0.25) is 24.0 Å². The number of aromatic nitrogens is 3. The number of carbonyl (C=O) groups is 1. The van der Waals surface area contributed by atoms with E-state index in [0.29, 0.717) is 22.5 Å². The van der Waals surface area contributed by atoms with Crippen LogP contribution in [-0.4, -0.2) is 58.6 Å². The van der Waals surface area contributed by atoms with Crippen molar-refractivity contribution in [1.29, 1.82) is 0 Å². The lowest BCUT2D eigenvalue weighted by Gasteiger charge is -2.35. The SMILES string of the molecule is CCn1c(=O)[nH]c2sc(CN3CCN(c4ccc(C(=O)NC)nc4)CC3)cc2c1=O. The molecule has 1 fully saturated rings. The summed E-state index contributed by atoms with van der Waals surface area (Å²) in [4.78, 5) is 49.4. The van der Waals surface area contributed by atoms with Crippen molar-refractivity contribution in [3.8, 4) is 0 Å². The average Bonchev–Trinajstić information content (AvgIpc) is 3.16. The number of piperazine rings is 1. The first-order chi connectivity index (χ1) is 14.5. The molecular formula is C20H24N6O3S. The van der Waals surface area contributed by atoms with Gasteiger partial charge in [-0.15, -0.1) is 11.3 Å². The van der Waals surface area contributed by atoms with E-state index in [1.54, 1.807) is 26.2 Å². The molecule has 158 valence electrons. The molecule has 9 nitrogen and oxygen atoms in total. The quantitative estimate of drug-likeness (QED) is 0.625. The number of aromatic amines is 1. The zero-order valence-corrected chi connectivity index (χ0v) is 17.8. The molecule has 0 aliphatic carbocycles. The lowest BCUT2D eigenvalue weighted by atomic mass is 10.2. The van der Waals surface area contributed by atoms with Crippen LogP contribution in [0.3, 0.4) is 0 Å². The molecule has 0 unspecified atom stereocenters. The minimum atomic E-state index is -0.354. The van der Waals surface area contributed by atoms with Crippen LogP contribution in [-0.2, 0) is 13.1 Å². The fraction of sp³-hybridized carbons (Fsp3) is 0.400. The number of hydrogen-bond donors (Lipinski definition) is 2. The maximum Gasteiger partial charge on any atom is 0.329 e. The summed E-state index contributed by atoms with van der Waals surface area (Å²) < 4.78 is 1.22. The van der Waals surface area contributed by atoms with Gasteiger partial charge in [0.2, 0.25) is 0 Å². The van der Waals surface area contributed by atoms with Crippen LogP contribution in [0, 0.1) is 0 Å². The number of nitrogens with one attached hydrogen (secondary N) is 2. The lowest BCUT2D eigenvalue weighted by Crippen LogP contribution is -2.45. The van der Waals surface area contributed by atoms with Crippen molar-refractivity contribution in [3.63, 3.8) is 0 Å². The zero-order valence-electron chi connectivity index (χ0n) is 17.0. The lowest BCUT2D eigenvalue weighted by molar-refractivity contribution is 0.0958. The highest BCUT2D eigenvalue weighted by atomic mass is 32.1. The monoisotopic (exact) mass is 428 g/mol. The van der Waals surface area contributed by atoms with Crippen LogP contribution in [0.15, 0.2) is 34.0 Å². The summed E-state index contributed by atoms with van der Waals surface area (Å²) in [6.45, 7) is 6.35. The summed E-state index contributed by atoms with van der Waals surface area (Å²) in [7, 11) is 1.59. The van der Waals surface area contributed by atoms with Gasteiger partial charge in [-0.25, -0.2) is 9.78 Å². The maximum atomic E-state index is 12.5. The number of anilines is 1. The van der Waals surface area contributed by atoms with E-state index in [0.717, 1.165) is 43.3 Å². The second-order valence-corrected chi connectivity index (χ2v) is 8.32. The maximum absolute atomic E-state index is 12.5. The number of hydrogen-bond acceptors (Lipinski definition) is 7. The van der Waals surface area contributed by atoms with E-state index in [9.17, 15) is 14.4 Å². The van der Waals surface area contributed by atoms with Gasteiger partial charge in [-0.2, -0.15) is 0 Å². The molecule has 1 saturated heterocycles. The molecule has 0 spiro atoms. The van der Waals surface area contributed by atoms with Crippen LogP contribution < -0.4 is 21.5 Å². The van der Waals surface area contributed by atoms with Gasteiger partial charge in [-0.05, 0) is 25.1 Å². The number of H-pyrrole nitrogens is 1. The molecule has 4 heterocycles. The van der Waals surface area contributed by atoms with Gasteiger partial charge < -0.3 is 10.2 Å². The summed E-state index contributed by atoms with van der Waals surface area (Å²) in [6, 6.07) is 5.56.